The summed E-state index contributed by atoms with van der Waals surface area (Å²) in [7, 11) is 1.56. The van der Waals surface area contributed by atoms with E-state index >= 15 is 0 Å². The fourth-order valence-corrected chi connectivity index (χ4v) is 1.32. The van der Waals surface area contributed by atoms with Gasteiger partial charge in [-0.25, -0.2) is 4.79 Å². The van der Waals surface area contributed by atoms with Gasteiger partial charge in [-0.1, -0.05) is 18.9 Å². The number of carbonyl (C=O) groups is 1. The first-order valence-electron chi connectivity index (χ1n) is 5.48. The lowest BCUT2D eigenvalue weighted by atomic mass is 10.2. The molecule has 0 aliphatic heterocycles. The van der Waals surface area contributed by atoms with Crippen LogP contribution in [0.2, 0.25) is 0 Å². The SMILES string of the molecule is CC#CC(CC)OC(=O)c1cccc(OC)c1. The fourth-order valence-electron chi connectivity index (χ4n) is 1.32. The monoisotopic (exact) mass is 232 g/mol. The molecule has 0 bridgehead atoms. The molecule has 1 atom stereocenters. The van der Waals surface area contributed by atoms with Crippen LogP contribution in [0.15, 0.2) is 24.3 Å². The number of carbonyl (C=O) groups excluding carboxylic acids is 1. The highest BCUT2D eigenvalue weighted by molar-refractivity contribution is 5.90. The van der Waals surface area contributed by atoms with Crippen LogP contribution < -0.4 is 4.74 Å². The molecule has 1 unspecified atom stereocenters. The summed E-state index contributed by atoms with van der Waals surface area (Å²) in [6, 6.07) is 6.87. The maximum Gasteiger partial charge on any atom is 0.339 e. The normalized spacial score (nSPS) is 11.0. The van der Waals surface area contributed by atoms with E-state index in [9.17, 15) is 4.79 Å². The first-order chi connectivity index (χ1) is 8.21. The summed E-state index contributed by atoms with van der Waals surface area (Å²) in [5.74, 6) is 5.84. The van der Waals surface area contributed by atoms with Crippen molar-refractivity contribution in [2.75, 3.05) is 7.11 Å². The molecule has 1 aromatic rings. The summed E-state index contributed by atoms with van der Waals surface area (Å²) in [6.07, 6.45) is 0.329. The molecule has 1 rings (SSSR count). The third-order valence-electron chi connectivity index (χ3n) is 2.23. The molecule has 0 spiro atoms. The lowest BCUT2D eigenvalue weighted by Gasteiger charge is -2.10. The molecule has 90 valence electrons. The topological polar surface area (TPSA) is 35.5 Å². The minimum Gasteiger partial charge on any atom is -0.497 e. The molecule has 0 aliphatic carbocycles. The van der Waals surface area contributed by atoms with Crippen molar-refractivity contribution < 1.29 is 14.3 Å². The Labute approximate surface area is 102 Å². The summed E-state index contributed by atoms with van der Waals surface area (Å²) < 4.78 is 10.3. The molecular formula is C14H16O3. The Kier molecular flexibility index (Phi) is 5.09. The summed E-state index contributed by atoms with van der Waals surface area (Å²) in [5, 5.41) is 0. The molecule has 0 saturated carbocycles. The van der Waals surface area contributed by atoms with Gasteiger partial charge in [0.15, 0.2) is 6.10 Å². The van der Waals surface area contributed by atoms with Gasteiger partial charge in [-0.3, -0.25) is 0 Å². The number of hydrogen-bond donors (Lipinski definition) is 0. The number of methoxy groups -OCH3 is 1. The van der Waals surface area contributed by atoms with E-state index in [-0.39, 0.29) is 12.1 Å². The van der Waals surface area contributed by atoms with Crippen LogP contribution in [0.25, 0.3) is 0 Å². The molecule has 0 amide bonds. The van der Waals surface area contributed by atoms with Gasteiger partial charge in [0.05, 0.1) is 12.7 Å². The second kappa shape index (κ2) is 6.59. The Morgan fingerprint density at radius 1 is 1.47 bits per heavy atom. The van der Waals surface area contributed by atoms with Crippen LogP contribution >= 0.6 is 0 Å². The standard InChI is InChI=1S/C14H16O3/c1-4-7-12(5-2)17-14(15)11-8-6-9-13(10-11)16-3/h6,8-10,12H,5H2,1-3H3. The van der Waals surface area contributed by atoms with Crippen molar-refractivity contribution in [2.45, 2.75) is 26.4 Å². The predicted molar refractivity (Wildman–Crippen MR) is 65.9 cm³/mol. The van der Waals surface area contributed by atoms with Gasteiger partial charge >= 0.3 is 5.97 Å². The molecule has 0 aromatic heterocycles. The van der Waals surface area contributed by atoms with E-state index in [1.807, 2.05) is 6.92 Å². The summed E-state index contributed by atoms with van der Waals surface area (Å²) in [5.41, 5.74) is 0.473. The van der Waals surface area contributed by atoms with E-state index in [2.05, 4.69) is 11.8 Å². The van der Waals surface area contributed by atoms with Crippen LogP contribution in [0.4, 0.5) is 0 Å². The van der Waals surface area contributed by atoms with Gasteiger partial charge in [-0.05, 0) is 31.5 Å². The van der Waals surface area contributed by atoms with Gasteiger partial charge in [-0.15, -0.1) is 5.92 Å². The Morgan fingerprint density at radius 3 is 2.82 bits per heavy atom. The van der Waals surface area contributed by atoms with E-state index < -0.39 is 0 Å². The molecule has 17 heavy (non-hydrogen) atoms. The van der Waals surface area contributed by atoms with Crippen LogP contribution in [0.5, 0.6) is 5.75 Å². The molecule has 0 radical (unpaired) electrons. The number of rotatable bonds is 4. The number of esters is 1. The molecule has 0 saturated heterocycles. The Balaban J connectivity index is 2.77. The van der Waals surface area contributed by atoms with Crippen LogP contribution in [-0.4, -0.2) is 19.2 Å². The molecule has 1 aromatic carbocycles. The molecule has 3 nitrogen and oxygen atoms in total. The van der Waals surface area contributed by atoms with Crippen LogP contribution in [0.3, 0.4) is 0 Å². The Hall–Kier alpha value is -1.95. The minimum atomic E-state index is -0.376. The maximum absolute atomic E-state index is 11.8. The minimum absolute atomic E-state index is 0.348. The van der Waals surface area contributed by atoms with Crippen molar-refractivity contribution in [1.82, 2.24) is 0 Å². The highest BCUT2D eigenvalue weighted by Crippen LogP contribution is 2.14. The average molecular weight is 232 g/mol. The largest absolute Gasteiger partial charge is 0.497 e. The lowest BCUT2D eigenvalue weighted by molar-refractivity contribution is 0.0404. The third-order valence-corrected chi connectivity index (χ3v) is 2.23. The van der Waals surface area contributed by atoms with Crippen molar-refractivity contribution in [2.24, 2.45) is 0 Å². The zero-order valence-corrected chi connectivity index (χ0v) is 10.3. The molecular weight excluding hydrogens is 216 g/mol. The van der Waals surface area contributed by atoms with Crippen molar-refractivity contribution in [3.05, 3.63) is 29.8 Å². The van der Waals surface area contributed by atoms with Crippen molar-refractivity contribution in [3.63, 3.8) is 0 Å². The van der Waals surface area contributed by atoms with E-state index in [1.165, 1.54) is 0 Å². The smallest absolute Gasteiger partial charge is 0.339 e. The van der Waals surface area contributed by atoms with Crippen molar-refractivity contribution >= 4 is 5.97 Å². The van der Waals surface area contributed by atoms with Crippen LogP contribution in [0, 0.1) is 11.8 Å². The molecule has 0 heterocycles. The van der Waals surface area contributed by atoms with Gasteiger partial charge in [0.1, 0.15) is 5.75 Å². The highest BCUT2D eigenvalue weighted by Gasteiger charge is 2.12. The van der Waals surface area contributed by atoms with Crippen LogP contribution in [-0.2, 0) is 4.74 Å². The maximum atomic E-state index is 11.8. The summed E-state index contributed by atoms with van der Waals surface area (Å²) in [4.78, 5) is 11.8. The first-order valence-corrected chi connectivity index (χ1v) is 5.48. The predicted octanol–water partition coefficient (Wildman–Crippen LogP) is 2.65. The zero-order valence-electron chi connectivity index (χ0n) is 10.3. The molecule has 0 N–H and O–H groups in total. The number of benzene rings is 1. The number of hydrogen-bond acceptors (Lipinski definition) is 3. The zero-order chi connectivity index (χ0) is 12.7. The average Bonchev–Trinajstić information content (AvgIpc) is 2.38. The summed E-state index contributed by atoms with van der Waals surface area (Å²) in [6.45, 7) is 3.65. The van der Waals surface area contributed by atoms with Crippen LogP contribution in [0.1, 0.15) is 30.6 Å². The van der Waals surface area contributed by atoms with E-state index in [1.54, 1.807) is 38.3 Å². The third kappa shape index (κ3) is 3.84. The van der Waals surface area contributed by atoms with Gasteiger partial charge in [-0.2, -0.15) is 0 Å². The first kappa shape index (κ1) is 13.1. The Morgan fingerprint density at radius 2 is 2.24 bits per heavy atom. The van der Waals surface area contributed by atoms with E-state index in [0.29, 0.717) is 17.7 Å². The van der Waals surface area contributed by atoms with Gasteiger partial charge in [0.25, 0.3) is 0 Å². The van der Waals surface area contributed by atoms with E-state index in [4.69, 9.17) is 9.47 Å². The molecule has 0 aliphatic rings. The van der Waals surface area contributed by atoms with Gasteiger partial charge in [0.2, 0.25) is 0 Å². The van der Waals surface area contributed by atoms with Crippen molar-refractivity contribution in [3.8, 4) is 17.6 Å². The summed E-state index contributed by atoms with van der Waals surface area (Å²) >= 11 is 0. The fraction of sp³-hybridized carbons (Fsp3) is 0.357. The van der Waals surface area contributed by atoms with E-state index in [0.717, 1.165) is 0 Å². The second-order valence-corrected chi connectivity index (χ2v) is 3.43. The lowest BCUT2D eigenvalue weighted by Crippen LogP contribution is -2.15. The molecule has 0 fully saturated rings. The Bertz CT molecular complexity index is 440. The number of ether oxygens (including phenoxy) is 2. The molecule has 3 heteroatoms. The van der Waals surface area contributed by atoms with Crippen molar-refractivity contribution in [1.29, 1.82) is 0 Å². The quantitative estimate of drug-likeness (QED) is 0.591. The van der Waals surface area contributed by atoms with Gasteiger partial charge < -0.3 is 9.47 Å². The second-order valence-electron chi connectivity index (χ2n) is 3.43. The van der Waals surface area contributed by atoms with Gasteiger partial charge in [0, 0.05) is 0 Å². The highest BCUT2D eigenvalue weighted by atomic mass is 16.5.